The number of pyridine rings is 1. The fourth-order valence-electron chi connectivity index (χ4n) is 2.55. The summed E-state index contributed by atoms with van der Waals surface area (Å²) in [4.78, 5) is 29.2. The van der Waals surface area contributed by atoms with Crippen molar-refractivity contribution in [1.29, 1.82) is 0 Å². The van der Waals surface area contributed by atoms with E-state index in [0.29, 0.717) is 13.0 Å². The van der Waals surface area contributed by atoms with Gasteiger partial charge in [-0.25, -0.2) is 4.79 Å². The first-order valence-corrected chi connectivity index (χ1v) is 6.92. The van der Waals surface area contributed by atoms with Gasteiger partial charge >= 0.3 is 12.1 Å². The number of likely N-dealkylation sites (tertiary alicyclic amines) is 1. The van der Waals surface area contributed by atoms with Crippen LogP contribution in [0.4, 0.5) is 4.79 Å². The number of rotatable bonds is 2. The highest BCUT2D eigenvalue weighted by Crippen LogP contribution is 2.38. The second-order valence-electron chi connectivity index (χ2n) is 6.13. The number of aliphatic carboxylic acids is 1. The normalized spacial score (nSPS) is 22.1. The van der Waals surface area contributed by atoms with E-state index in [1.165, 1.54) is 4.90 Å². The van der Waals surface area contributed by atoms with Crippen LogP contribution in [-0.2, 0) is 9.53 Å². The van der Waals surface area contributed by atoms with Crippen LogP contribution < -0.4 is 0 Å². The maximum atomic E-state index is 12.3. The van der Waals surface area contributed by atoms with Crippen molar-refractivity contribution in [2.45, 2.75) is 38.8 Å². The maximum Gasteiger partial charge on any atom is 0.410 e. The third-order valence-electron chi connectivity index (χ3n) is 3.39. The lowest BCUT2D eigenvalue weighted by atomic mass is 9.94. The van der Waals surface area contributed by atoms with Gasteiger partial charge in [-0.15, -0.1) is 0 Å². The Morgan fingerprint density at radius 2 is 1.95 bits per heavy atom. The summed E-state index contributed by atoms with van der Waals surface area (Å²) in [5.74, 6) is -1.53. The first-order valence-electron chi connectivity index (χ1n) is 6.92. The van der Waals surface area contributed by atoms with Crippen LogP contribution in [0.2, 0.25) is 0 Å². The summed E-state index contributed by atoms with van der Waals surface area (Å²) in [6.45, 7) is 5.74. The third-order valence-corrected chi connectivity index (χ3v) is 3.39. The van der Waals surface area contributed by atoms with Crippen LogP contribution in [0.25, 0.3) is 0 Å². The molecule has 0 aliphatic carbocycles. The van der Waals surface area contributed by atoms with Gasteiger partial charge in [-0.05, 0) is 44.9 Å². The Morgan fingerprint density at radius 1 is 1.33 bits per heavy atom. The molecule has 1 N–H and O–H groups in total. The van der Waals surface area contributed by atoms with Crippen molar-refractivity contribution in [2.75, 3.05) is 6.54 Å². The van der Waals surface area contributed by atoms with Crippen molar-refractivity contribution in [3.8, 4) is 0 Å². The molecule has 0 bridgehead atoms. The summed E-state index contributed by atoms with van der Waals surface area (Å²) in [5, 5.41) is 9.38. The molecule has 1 aromatic rings. The lowest BCUT2D eigenvalue weighted by Crippen LogP contribution is -2.38. The van der Waals surface area contributed by atoms with Crippen LogP contribution in [0.5, 0.6) is 0 Å². The van der Waals surface area contributed by atoms with E-state index in [2.05, 4.69) is 4.98 Å². The van der Waals surface area contributed by atoms with Crippen LogP contribution in [-0.4, -0.2) is 39.2 Å². The molecule has 0 spiro atoms. The average molecular weight is 292 g/mol. The zero-order valence-corrected chi connectivity index (χ0v) is 12.4. The van der Waals surface area contributed by atoms with Gasteiger partial charge in [-0.3, -0.25) is 9.78 Å². The molecule has 2 atom stereocenters. The summed E-state index contributed by atoms with van der Waals surface area (Å²) in [6.07, 6.45) is 3.13. The van der Waals surface area contributed by atoms with Crippen molar-refractivity contribution in [2.24, 2.45) is 5.92 Å². The first-order chi connectivity index (χ1) is 9.79. The topological polar surface area (TPSA) is 79.7 Å². The minimum absolute atomic E-state index is 0.374. The molecule has 0 radical (unpaired) electrons. The van der Waals surface area contributed by atoms with E-state index in [4.69, 9.17) is 4.74 Å². The van der Waals surface area contributed by atoms with E-state index in [1.807, 2.05) is 0 Å². The molecule has 21 heavy (non-hydrogen) atoms. The molecule has 1 aromatic heterocycles. The van der Waals surface area contributed by atoms with Crippen molar-refractivity contribution in [1.82, 2.24) is 9.88 Å². The number of nitrogens with zero attached hydrogens (tertiary/aromatic N) is 2. The average Bonchev–Trinajstić information content (AvgIpc) is 2.82. The molecule has 1 amide bonds. The highest BCUT2D eigenvalue weighted by molar-refractivity contribution is 5.76. The molecule has 1 aliphatic heterocycles. The number of carbonyl (C=O) groups excluding carboxylic acids is 1. The molecular weight excluding hydrogens is 272 g/mol. The van der Waals surface area contributed by atoms with E-state index in [9.17, 15) is 14.7 Å². The lowest BCUT2D eigenvalue weighted by molar-refractivity contribution is -0.142. The van der Waals surface area contributed by atoms with Gasteiger partial charge in [-0.1, -0.05) is 0 Å². The first kappa shape index (κ1) is 15.3. The number of amides is 1. The van der Waals surface area contributed by atoms with Crippen molar-refractivity contribution >= 4 is 12.1 Å². The summed E-state index contributed by atoms with van der Waals surface area (Å²) in [6, 6.07) is 2.97. The molecule has 114 valence electrons. The Kier molecular flexibility index (Phi) is 4.16. The number of carboxylic acid groups (broad SMARTS) is 1. The monoisotopic (exact) mass is 292 g/mol. The van der Waals surface area contributed by atoms with E-state index < -0.39 is 29.6 Å². The van der Waals surface area contributed by atoms with E-state index >= 15 is 0 Å². The Morgan fingerprint density at radius 3 is 2.48 bits per heavy atom. The zero-order valence-electron chi connectivity index (χ0n) is 12.4. The SMILES string of the molecule is CC(C)(C)OC(=O)N1CCC(C(=O)O)C1c1ccncc1. The molecule has 2 unspecified atom stereocenters. The van der Waals surface area contributed by atoms with Gasteiger partial charge < -0.3 is 14.7 Å². The van der Waals surface area contributed by atoms with Gasteiger partial charge in [0.15, 0.2) is 0 Å². The molecule has 0 aromatic carbocycles. The smallest absolute Gasteiger partial charge is 0.410 e. The van der Waals surface area contributed by atoms with Gasteiger partial charge in [-0.2, -0.15) is 0 Å². The fraction of sp³-hybridized carbons (Fsp3) is 0.533. The number of aromatic nitrogens is 1. The van der Waals surface area contributed by atoms with Gasteiger partial charge in [0.05, 0.1) is 12.0 Å². The Balaban J connectivity index is 2.28. The minimum atomic E-state index is -0.900. The molecule has 2 heterocycles. The molecule has 1 fully saturated rings. The Hall–Kier alpha value is -2.11. The second-order valence-corrected chi connectivity index (χ2v) is 6.13. The summed E-state index contributed by atoms with van der Waals surface area (Å²) >= 11 is 0. The number of hydrogen-bond donors (Lipinski definition) is 1. The standard InChI is InChI=1S/C15H20N2O4/c1-15(2,3)21-14(20)17-9-6-11(13(18)19)12(17)10-4-7-16-8-5-10/h4-5,7-8,11-12H,6,9H2,1-3H3,(H,18,19). The predicted octanol–water partition coefficient (Wildman–Crippen LogP) is 2.46. The molecule has 6 heteroatoms. The van der Waals surface area contributed by atoms with Crippen molar-refractivity contribution in [3.05, 3.63) is 30.1 Å². The van der Waals surface area contributed by atoms with Crippen LogP contribution in [0, 0.1) is 5.92 Å². The van der Waals surface area contributed by atoms with Crippen LogP contribution in [0.15, 0.2) is 24.5 Å². The quantitative estimate of drug-likeness (QED) is 0.905. The lowest BCUT2D eigenvalue weighted by Gasteiger charge is -2.30. The summed E-state index contributed by atoms with van der Waals surface area (Å²) in [7, 11) is 0. The zero-order chi connectivity index (χ0) is 15.6. The number of carboxylic acids is 1. The number of hydrogen-bond acceptors (Lipinski definition) is 4. The van der Waals surface area contributed by atoms with E-state index in [0.717, 1.165) is 5.56 Å². The second kappa shape index (κ2) is 5.71. The highest BCUT2D eigenvalue weighted by atomic mass is 16.6. The van der Waals surface area contributed by atoms with Crippen LogP contribution in [0.3, 0.4) is 0 Å². The Bertz CT molecular complexity index is 524. The molecular formula is C15H20N2O4. The van der Waals surface area contributed by atoms with Gasteiger partial charge in [0.25, 0.3) is 0 Å². The minimum Gasteiger partial charge on any atom is -0.481 e. The Labute approximate surface area is 123 Å². The van der Waals surface area contributed by atoms with Crippen molar-refractivity contribution < 1.29 is 19.4 Å². The van der Waals surface area contributed by atoms with E-state index in [1.54, 1.807) is 45.3 Å². The van der Waals surface area contributed by atoms with Crippen LogP contribution >= 0.6 is 0 Å². The molecule has 1 saturated heterocycles. The number of carbonyl (C=O) groups is 2. The summed E-state index contributed by atoms with van der Waals surface area (Å²) < 4.78 is 5.38. The third kappa shape index (κ3) is 3.51. The van der Waals surface area contributed by atoms with E-state index in [-0.39, 0.29) is 0 Å². The molecule has 1 aliphatic rings. The largest absolute Gasteiger partial charge is 0.481 e. The molecule has 0 saturated carbocycles. The van der Waals surface area contributed by atoms with Gasteiger partial charge in [0.2, 0.25) is 0 Å². The van der Waals surface area contributed by atoms with Crippen LogP contribution in [0.1, 0.15) is 38.8 Å². The summed E-state index contributed by atoms with van der Waals surface area (Å²) in [5.41, 5.74) is 0.155. The molecule has 6 nitrogen and oxygen atoms in total. The fourth-order valence-corrected chi connectivity index (χ4v) is 2.55. The predicted molar refractivity (Wildman–Crippen MR) is 75.7 cm³/mol. The van der Waals surface area contributed by atoms with Crippen molar-refractivity contribution in [3.63, 3.8) is 0 Å². The maximum absolute atomic E-state index is 12.3. The molecule has 2 rings (SSSR count). The van der Waals surface area contributed by atoms with Gasteiger partial charge in [0, 0.05) is 18.9 Å². The number of ether oxygens (including phenoxy) is 1. The van der Waals surface area contributed by atoms with Gasteiger partial charge in [0.1, 0.15) is 5.60 Å². The highest BCUT2D eigenvalue weighted by Gasteiger charge is 2.43.